The number of hydrogen-bond acceptors (Lipinski definition) is 4. The van der Waals surface area contributed by atoms with E-state index in [4.69, 9.17) is 4.42 Å². The number of benzene rings is 2. The Morgan fingerprint density at radius 1 is 1.00 bits per heavy atom. The van der Waals surface area contributed by atoms with Crippen LogP contribution in [0.15, 0.2) is 83.0 Å². The van der Waals surface area contributed by atoms with Gasteiger partial charge in [0.05, 0.1) is 6.54 Å². The van der Waals surface area contributed by atoms with Crippen molar-refractivity contribution in [3.8, 4) is 17.6 Å². The van der Waals surface area contributed by atoms with Crippen LogP contribution in [0.3, 0.4) is 0 Å². The van der Waals surface area contributed by atoms with Crippen molar-refractivity contribution in [3.05, 3.63) is 107 Å². The van der Waals surface area contributed by atoms with Gasteiger partial charge >= 0.3 is 0 Å². The maximum absolute atomic E-state index is 11.7. The Labute approximate surface area is 165 Å². The van der Waals surface area contributed by atoms with Gasteiger partial charge in [0, 0.05) is 29.3 Å². The van der Waals surface area contributed by atoms with E-state index in [0.717, 1.165) is 16.8 Å². The summed E-state index contributed by atoms with van der Waals surface area (Å²) in [6.07, 6.45) is 0.595. The molecular formula is C24H23NO3. The predicted octanol–water partition coefficient (Wildman–Crippen LogP) is 4.72. The number of hydrogen-bond donors (Lipinski definition) is 2. The minimum Gasteiger partial charge on any atom is -0.502 e. The van der Waals surface area contributed by atoms with Crippen molar-refractivity contribution < 1.29 is 9.52 Å². The van der Waals surface area contributed by atoms with Crippen LogP contribution in [-0.4, -0.2) is 5.11 Å². The minimum absolute atomic E-state index is 0.226. The van der Waals surface area contributed by atoms with Crippen LogP contribution in [0.25, 0.3) is 0 Å². The lowest BCUT2D eigenvalue weighted by Gasteiger charge is -2.08. The molecule has 28 heavy (non-hydrogen) atoms. The van der Waals surface area contributed by atoms with E-state index in [1.807, 2.05) is 61.5 Å². The molecule has 0 saturated heterocycles. The molecule has 0 atom stereocenters. The van der Waals surface area contributed by atoms with Crippen molar-refractivity contribution in [2.45, 2.75) is 19.9 Å². The number of nitrogens with one attached hydrogen (secondary N) is 1. The molecule has 0 unspecified atom stereocenters. The third-order valence-electron chi connectivity index (χ3n) is 3.86. The van der Waals surface area contributed by atoms with E-state index in [0.29, 0.717) is 12.2 Å². The van der Waals surface area contributed by atoms with Gasteiger partial charge in [0.15, 0.2) is 5.76 Å². The second-order valence-corrected chi connectivity index (χ2v) is 5.75. The Bertz CT molecular complexity index is 1010. The Morgan fingerprint density at radius 3 is 2.21 bits per heavy atom. The van der Waals surface area contributed by atoms with E-state index in [1.165, 1.54) is 6.07 Å². The van der Waals surface area contributed by atoms with Gasteiger partial charge in [0.25, 0.3) is 0 Å². The van der Waals surface area contributed by atoms with Gasteiger partial charge in [-0.05, 0) is 36.4 Å². The highest BCUT2D eigenvalue weighted by Gasteiger charge is 2.10. The van der Waals surface area contributed by atoms with Crippen LogP contribution in [0.5, 0.6) is 5.75 Å². The molecule has 3 aromatic rings. The van der Waals surface area contributed by atoms with Crippen LogP contribution < -0.4 is 10.7 Å². The highest BCUT2D eigenvalue weighted by atomic mass is 16.4. The lowest BCUT2D eigenvalue weighted by molar-refractivity contribution is 0.386. The molecule has 0 bridgehead atoms. The van der Waals surface area contributed by atoms with Gasteiger partial charge in [0.2, 0.25) is 11.2 Å². The van der Waals surface area contributed by atoms with Crippen LogP contribution in [-0.2, 0) is 13.0 Å². The summed E-state index contributed by atoms with van der Waals surface area (Å²) in [7, 11) is 0. The van der Waals surface area contributed by atoms with Crippen molar-refractivity contribution in [3.63, 3.8) is 0 Å². The molecule has 0 spiro atoms. The highest BCUT2D eigenvalue weighted by molar-refractivity contribution is 5.50. The fourth-order valence-electron chi connectivity index (χ4n) is 2.40. The van der Waals surface area contributed by atoms with E-state index >= 15 is 0 Å². The first kappa shape index (κ1) is 20.6. The molecule has 4 heteroatoms. The Balaban J connectivity index is 0.00000136. The normalized spacial score (nSPS) is 9.46. The average molecular weight is 373 g/mol. The minimum atomic E-state index is -0.420. The first-order chi connectivity index (χ1) is 13.7. The zero-order chi connectivity index (χ0) is 20.4. The molecule has 2 N–H and O–H groups in total. The van der Waals surface area contributed by atoms with E-state index in [9.17, 15) is 9.90 Å². The van der Waals surface area contributed by atoms with Gasteiger partial charge in [-0.15, -0.1) is 13.2 Å². The van der Waals surface area contributed by atoms with Crippen LogP contribution in [0.4, 0.5) is 5.69 Å². The second kappa shape index (κ2) is 10.4. The fourth-order valence-corrected chi connectivity index (χ4v) is 2.40. The third kappa shape index (κ3) is 5.65. The zero-order valence-electron chi connectivity index (χ0n) is 15.9. The number of aromatic hydroxyl groups is 1. The van der Waals surface area contributed by atoms with Gasteiger partial charge in [-0.2, -0.15) is 0 Å². The van der Waals surface area contributed by atoms with Crippen molar-refractivity contribution in [2.75, 3.05) is 5.32 Å². The fraction of sp³-hybridized carbons (Fsp3) is 0.125. The number of anilines is 1. The van der Waals surface area contributed by atoms with Crippen molar-refractivity contribution in [1.82, 2.24) is 0 Å². The molecule has 1 aromatic heterocycles. The number of rotatable bonds is 4. The van der Waals surface area contributed by atoms with Crippen molar-refractivity contribution in [1.29, 1.82) is 0 Å². The van der Waals surface area contributed by atoms with Crippen LogP contribution >= 0.6 is 0 Å². The monoisotopic (exact) mass is 373 g/mol. The Kier molecular flexibility index (Phi) is 7.68. The maximum Gasteiger partial charge on any atom is 0.227 e. The lowest BCUT2D eigenvalue weighted by Crippen LogP contribution is -2.08. The highest BCUT2D eigenvalue weighted by Crippen LogP contribution is 2.17. The van der Waals surface area contributed by atoms with Gasteiger partial charge in [-0.3, -0.25) is 4.79 Å². The van der Waals surface area contributed by atoms with E-state index in [-0.39, 0.29) is 18.1 Å². The molecule has 0 saturated carbocycles. The first-order valence-corrected chi connectivity index (χ1v) is 8.91. The summed E-state index contributed by atoms with van der Waals surface area (Å²) in [5.41, 5.74) is 2.30. The van der Waals surface area contributed by atoms with Crippen LogP contribution in [0, 0.1) is 11.8 Å². The van der Waals surface area contributed by atoms with Gasteiger partial charge < -0.3 is 14.8 Å². The summed E-state index contributed by atoms with van der Waals surface area (Å²) in [4.78, 5) is 11.7. The second-order valence-electron chi connectivity index (χ2n) is 5.75. The molecule has 0 aliphatic rings. The molecule has 0 amide bonds. The molecule has 0 radical (unpaired) electrons. The van der Waals surface area contributed by atoms with E-state index in [2.05, 4.69) is 30.3 Å². The molecule has 3 rings (SSSR count). The summed E-state index contributed by atoms with van der Waals surface area (Å²) in [6, 6.07) is 18.7. The Hall–Kier alpha value is -3.71. The average Bonchev–Trinajstić information content (AvgIpc) is 2.76. The smallest absolute Gasteiger partial charge is 0.227 e. The van der Waals surface area contributed by atoms with Crippen molar-refractivity contribution in [2.24, 2.45) is 0 Å². The zero-order valence-corrected chi connectivity index (χ0v) is 15.9. The van der Waals surface area contributed by atoms with E-state index in [1.54, 1.807) is 0 Å². The molecular weight excluding hydrogens is 350 g/mol. The summed E-state index contributed by atoms with van der Waals surface area (Å²) in [5, 5.41) is 13.0. The quantitative estimate of drug-likeness (QED) is 0.513. The summed E-state index contributed by atoms with van der Waals surface area (Å²) in [5.74, 6) is 6.67. The summed E-state index contributed by atoms with van der Waals surface area (Å²) >= 11 is 0. The molecule has 0 fully saturated rings. The van der Waals surface area contributed by atoms with Gasteiger partial charge in [-0.1, -0.05) is 37.0 Å². The summed E-state index contributed by atoms with van der Waals surface area (Å²) < 4.78 is 5.54. The third-order valence-corrected chi connectivity index (χ3v) is 3.86. The molecule has 2 aromatic carbocycles. The largest absolute Gasteiger partial charge is 0.502 e. The van der Waals surface area contributed by atoms with Crippen LogP contribution in [0.1, 0.15) is 29.6 Å². The molecule has 0 aliphatic heterocycles. The van der Waals surface area contributed by atoms with Gasteiger partial charge in [0.1, 0.15) is 5.76 Å². The molecule has 4 nitrogen and oxygen atoms in total. The topological polar surface area (TPSA) is 62.5 Å². The number of aryl methyl sites for hydroxylation is 1. The molecule has 142 valence electrons. The Morgan fingerprint density at radius 2 is 1.61 bits per heavy atom. The lowest BCUT2D eigenvalue weighted by atomic mass is 10.1. The SMILES string of the molecule is C=C.CCc1cc(=O)c(O)c(CNc2ccc(C#Cc3ccccc3)cc2)o1. The van der Waals surface area contributed by atoms with Gasteiger partial charge in [-0.25, -0.2) is 0 Å². The standard InChI is InChI=1S/C22H19NO3.C2H4/c1-2-19-14-20(24)22(25)21(26-19)15-23-18-12-10-17(11-13-18)9-8-16-6-4-3-5-7-16;1-2/h3-7,10-14,23,25H,2,15H2,1H3;1-2H2. The summed E-state index contributed by atoms with van der Waals surface area (Å²) in [6.45, 7) is 8.12. The van der Waals surface area contributed by atoms with Crippen molar-refractivity contribution >= 4 is 5.69 Å². The van der Waals surface area contributed by atoms with Crippen LogP contribution in [0.2, 0.25) is 0 Å². The van der Waals surface area contributed by atoms with E-state index < -0.39 is 5.43 Å². The predicted molar refractivity (Wildman–Crippen MR) is 113 cm³/mol. The molecule has 1 heterocycles. The first-order valence-electron chi connectivity index (χ1n) is 8.91. The maximum atomic E-state index is 11.7. The molecule has 0 aliphatic carbocycles.